The van der Waals surface area contributed by atoms with Gasteiger partial charge in [0.15, 0.2) is 18.9 Å². The molecule has 4 heterocycles. The Morgan fingerprint density at radius 1 is 0.750 bits per heavy atom. The number of amides is 3. The predicted octanol–water partition coefficient (Wildman–Crippen LogP) is 6.08. The molecule has 0 spiro atoms. The molecule has 3 amide bonds. The topological polar surface area (TPSA) is 161 Å². The number of rotatable bonds is 19. The number of nitrogens with one attached hydrogen (secondary N) is 1. The molecule has 0 unspecified atom stereocenters. The Hall–Kier alpha value is -4.58. The molecule has 14 nitrogen and oxygen atoms in total. The lowest BCUT2D eigenvalue weighted by molar-refractivity contribution is -0.369. The van der Waals surface area contributed by atoms with Crippen LogP contribution in [0.15, 0.2) is 115 Å². The zero-order chi connectivity index (χ0) is 44.4. The molecule has 4 aliphatic rings. The van der Waals surface area contributed by atoms with Crippen LogP contribution < -0.4 is 5.32 Å². The van der Waals surface area contributed by atoms with E-state index in [1.54, 1.807) is 24.3 Å². The number of halogens is 1. The largest absolute Gasteiger partial charge is 0.388 e. The monoisotopic (exact) mass is 898 g/mol. The molecule has 340 valence electrons. The molecular formula is C49H55ClN2O12. The van der Waals surface area contributed by atoms with Crippen molar-refractivity contribution in [1.29, 1.82) is 0 Å². The molecule has 0 aromatic heterocycles. The number of carbonyl (C=O) groups is 3. The van der Waals surface area contributed by atoms with Gasteiger partial charge in [0.1, 0.15) is 48.7 Å². The Balaban J connectivity index is 1.16. The van der Waals surface area contributed by atoms with E-state index in [9.17, 15) is 19.5 Å². The lowest BCUT2D eigenvalue weighted by atomic mass is 9.93. The summed E-state index contributed by atoms with van der Waals surface area (Å²) in [5.74, 6) is -0.970. The van der Waals surface area contributed by atoms with Crippen LogP contribution in [0.25, 0.3) is 0 Å². The number of aliphatic hydroxyl groups is 1. The van der Waals surface area contributed by atoms with Crippen molar-refractivity contribution in [1.82, 2.24) is 10.2 Å². The molecule has 2 N–H and O–H groups in total. The number of benzene rings is 4. The first-order valence-corrected chi connectivity index (χ1v) is 22.5. The van der Waals surface area contributed by atoms with Gasteiger partial charge in [0, 0.05) is 25.0 Å². The van der Waals surface area contributed by atoms with Gasteiger partial charge >= 0.3 is 0 Å². The van der Waals surface area contributed by atoms with Crippen molar-refractivity contribution in [2.45, 2.75) is 113 Å². The number of unbranched alkanes of at least 4 members (excludes halogenated alkanes) is 3. The minimum atomic E-state index is -1.34. The molecule has 3 fully saturated rings. The standard InChI is InChI=1S/C49H55ClN2O12/c1-31(53)51-39-41(54)42-38(30-60-47(63-42)34-21-11-6-12-22-34)61-48(39)64-43-37(29-57-27-32-17-7-4-8-18-32)62-49(58-26-16-3-2-15-25-50)40(44(43)59-28-33-19-9-5-10-20-33)52-45(55)35-23-13-14-24-36(35)46(52)56/h4-14,17-24,37-44,47-49,54H,2-3,15-16,25-30H2,1H3,(H,51,53)/t37-,38-,39-,40-,41-,42+,43-,44-,47+,48+,49-/m1/s1. The highest BCUT2D eigenvalue weighted by molar-refractivity contribution is 6.21. The van der Waals surface area contributed by atoms with Crippen LogP contribution in [0, 0.1) is 0 Å². The Labute approximate surface area is 378 Å². The Kier molecular flexibility index (Phi) is 15.9. The summed E-state index contributed by atoms with van der Waals surface area (Å²) in [6.07, 6.45) is -6.38. The maximum atomic E-state index is 14.5. The van der Waals surface area contributed by atoms with E-state index in [4.69, 9.17) is 49.5 Å². The summed E-state index contributed by atoms with van der Waals surface area (Å²) >= 11 is 5.95. The number of carbonyl (C=O) groups excluding carboxylic acids is 3. The minimum Gasteiger partial charge on any atom is -0.388 e. The number of alkyl halides is 1. The maximum Gasteiger partial charge on any atom is 0.262 e. The fourth-order valence-corrected chi connectivity index (χ4v) is 8.87. The fraction of sp³-hybridized carbons (Fsp3) is 0.449. The number of ether oxygens (including phenoxy) is 8. The van der Waals surface area contributed by atoms with Crippen LogP contribution in [-0.2, 0) is 55.9 Å². The third-order valence-corrected chi connectivity index (χ3v) is 12.1. The van der Waals surface area contributed by atoms with Crippen molar-refractivity contribution >= 4 is 29.3 Å². The Bertz CT molecular complexity index is 2100. The second kappa shape index (κ2) is 22.1. The summed E-state index contributed by atoms with van der Waals surface area (Å²) in [6.45, 7) is 1.84. The van der Waals surface area contributed by atoms with E-state index >= 15 is 0 Å². The van der Waals surface area contributed by atoms with E-state index in [1.807, 2.05) is 91.0 Å². The normalized spacial score (nSPS) is 29.0. The summed E-state index contributed by atoms with van der Waals surface area (Å²) in [6, 6.07) is 32.7. The highest BCUT2D eigenvalue weighted by Crippen LogP contribution is 2.39. The van der Waals surface area contributed by atoms with E-state index < -0.39 is 85.3 Å². The van der Waals surface area contributed by atoms with Gasteiger partial charge in [-0.1, -0.05) is 116 Å². The highest BCUT2D eigenvalue weighted by atomic mass is 35.5. The average Bonchev–Trinajstić information content (AvgIpc) is 3.57. The molecule has 64 heavy (non-hydrogen) atoms. The molecule has 0 aliphatic carbocycles. The molecule has 8 rings (SSSR count). The lowest BCUT2D eigenvalue weighted by Crippen LogP contribution is -2.70. The van der Waals surface area contributed by atoms with Gasteiger partial charge in [0.05, 0.1) is 37.6 Å². The number of fused-ring (bicyclic) bond motifs is 2. The van der Waals surface area contributed by atoms with E-state index in [0.717, 1.165) is 40.9 Å². The number of aliphatic hydroxyl groups excluding tert-OH is 1. The number of nitrogens with zero attached hydrogens (tertiary/aromatic N) is 1. The zero-order valence-electron chi connectivity index (χ0n) is 35.7. The third kappa shape index (κ3) is 10.7. The van der Waals surface area contributed by atoms with Crippen LogP contribution in [0.2, 0.25) is 0 Å². The smallest absolute Gasteiger partial charge is 0.262 e. The molecule has 4 aromatic carbocycles. The lowest BCUT2D eigenvalue weighted by Gasteiger charge is -2.52. The molecule has 0 radical (unpaired) electrons. The van der Waals surface area contributed by atoms with Crippen molar-refractivity contribution in [3.63, 3.8) is 0 Å². The van der Waals surface area contributed by atoms with Crippen LogP contribution >= 0.6 is 11.6 Å². The van der Waals surface area contributed by atoms with Crippen LogP contribution in [-0.4, -0.2) is 115 Å². The molecule has 3 saturated heterocycles. The van der Waals surface area contributed by atoms with Crippen LogP contribution in [0.5, 0.6) is 0 Å². The van der Waals surface area contributed by atoms with Crippen molar-refractivity contribution in [2.24, 2.45) is 0 Å². The number of hydrogen-bond donors (Lipinski definition) is 2. The van der Waals surface area contributed by atoms with E-state index in [0.29, 0.717) is 12.3 Å². The van der Waals surface area contributed by atoms with Gasteiger partial charge in [-0.2, -0.15) is 0 Å². The molecule has 15 heteroatoms. The van der Waals surface area contributed by atoms with Crippen molar-refractivity contribution in [3.8, 4) is 0 Å². The van der Waals surface area contributed by atoms with Crippen LogP contribution in [0.3, 0.4) is 0 Å². The fourth-order valence-electron chi connectivity index (χ4n) is 8.68. The first-order valence-electron chi connectivity index (χ1n) is 22.0. The summed E-state index contributed by atoms with van der Waals surface area (Å²) in [5, 5.41) is 14.9. The molecule has 11 atom stereocenters. The first kappa shape index (κ1) is 46.0. The van der Waals surface area contributed by atoms with Gasteiger partial charge in [-0.3, -0.25) is 19.3 Å². The molecule has 0 bridgehead atoms. The second-order valence-electron chi connectivity index (χ2n) is 16.3. The minimum absolute atomic E-state index is 0.0329. The maximum absolute atomic E-state index is 14.5. The van der Waals surface area contributed by atoms with E-state index in [1.165, 1.54) is 6.92 Å². The first-order chi connectivity index (χ1) is 31.3. The van der Waals surface area contributed by atoms with Gasteiger partial charge < -0.3 is 48.3 Å². The van der Waals surface area contributed by atoms with Crippen LogP contribution in [0.4, 0.5) is 0 Å². The van der Waals surface area contributed by atoms with Crippen molar-refractivity contribution in [3.05, 3.63) is 143 Å². The third-order valence-electron chi connectivity index (χ3n) is 11.8. The van der Waals surface area contributed by atoms with Crippen LogP contribution in [0.1, 0.15) is 76.3 Å². The second-order valence-corrected chi connectivity index (χ2v) is 16.7. The Morgan fingerprint density at radius 2 is 1.38 bits per heavy atom. The zero-order valence-corrected chi connectivity index (χ0v) is 36.4. The van der Waals surface area contributed by atoms with Crippen molar-refractivity contribution < 1.29 is 57.4 Å². The number of imide groups is 1. The van der Waals surface area contributed by atoms with E-state index in [2.05, 4.69) is 5.32 Å². The predicted molar refractivity (Wildman–Crippen MR) is 233 cm³/mol. The summed E-state index contributed by atoms with van der Waals surface area (Å²) in [4.78, 5) is 42.9. The molecule has 4 aromatic rings. The molecular weight excluding hydrogens is 844 g/mol. The van der Waals surface area contributed by atoms with Gasteiger partial charge in [-0.05, 0) is 36.1 Å². The highest BCUT2D eigenvalue weighted by Gasteiger charge is 2.58. The quantitative estimate of drug-likeness (QED) is 0.0635. The number of hydrogen-bond acceptors (Lipinski definition) is 12. The summed E-state index contributed by atoms with van der Waals surface area (Å²) in [5.41, 5.74) is 2.96. The van der Waals surface area contributed by atoms with E-state index in [-0.39, 0.29) is 44.2 Å². The average molecular weight is 899 g/mol. The van der Waals surface area contributed by atoms with Crippen molar-refractivity contribution in [2.75, 3.05) is 25.7 Å². The SMILES string of the molecule is CC(=O)N[C@H]1[C@H](O[C@H]2[C@H](OCc3ccccc3)[C@@H](N3C(=O)c4ccccc4C3=O)[C@H](OCCCCCCCl)O[C@@H]2COCc2ccccc2)O[C@@H]2CO[C@H](c3ccccc3)O[C@@H]2[C@@H]1O. The van der Waals surface area contributed by atoms with Gasteiger partial charge in [0.2, 0.25) is 5.91 Å². The summed E-state index contributed by atoms with van der Waals surface area (Å²) < 4.78 is 52.6. The van der Waals surface area contributed by atoms with Gasteiger partial charge in [0.25, 0.3) is 11.8 Å². The molecule has 0 saturated carbocycles. The summed E-state index contributed by atoms with van der Waals surface area (Å²) in [7, 11) is 0. The Morgan fingerprint density at radius 3 is 2.03 bits per heavy atom. The van der Waals surface area contributed by atoms with Gasteiger partial charge in [-0.15, -0.1) is 11.6 Å². The van der Waals surface area contributed by atoms with Gasteiger partial charge in [-0.25, -0.2) is 0 Å². The molecule has 4 aliphatic heterocycles.